The molecule has 0 spiro atoms. The molecule has 0 heterocycles. The molecule has 142 valence electrons. The number of nitrogens with one attached hydrogen (secondary N) is 1. The minimum atomic E-state index is -0.533. The number of halogens is 1. The van der Waals surface area contributed by atoms with Gasteiger partial charge in [-0.05, 0) is 24.3 Å². The molecule has 0 aliphatic carbocycles. The van der Waals surface area contributed by atoms with E-state index in [4.69, 9.17) is 14.2 Å². The van der Waals surface area contributed by atoms with Gasteiger partial charge in [0.1, 0.15) is 5.75 Å². The number of hydrazone groups is 1. The number of rotatable bonds is 8. The molecule has 1 N–H and O–H groups in total. The summed E-state index contributed by atoms with van der Waals surface area (Å²) in [5.74, 6) is 0.747. The summed E-state index contributed by atoms with van der Waals surface area (Å²) in [7, 11) is 2.92. The van der Waals surface area contributed by atoms with Gasteiger partial charge in [0.15, 0.2) is 18.1 Å². The van der Waals surface area contributed by atoms with Crippen molar-refractivity contribution in [1.29, 1.82) is 0 Å². The average Bonchev–Trinajstić information content (AvgIpc) is 2.66. The summed E-state index contributed by atoms with van der Waals surface area (Å²) >= 11 is 3.31. The number of nitro groups is 1. The second-order valence-electron chi connectivity index (χ2n) is 5.06. The molecule has 0 aromatic heterocycles. The molecule has 0 unspecified atom stereocenters. The number of ether oxygens (including phenoxy) is 3. The Hall–Kier alpha value is -3.14. The number of non-ortho nitro benzene ring substituents is 1. The molecular formula is C17H16BrN3O6. The topological polar surface area (TPSA) is 112 Å². The molecule has 10 heteroatoms. The highest BCUT2D eigenvalue weighted by Crippen LogP contribution is 2.30. The van der Waals surface area contributed by atoms with Crippen molar-refractivity contribution in [2.45, 2.75) is 0 Å². The molecule has 27 heavy (non-hydrogen) atoms. The van der Waals surface area contributed by atoms with E-state index < -0.39 is 10.8 Å². The van der Waals surface area contributed by atoms with Gasteiger partial charge in [0.25, 0.3) is 11.6 Å². The molecule has 0 atom stereocenters. The third kappa shape index (κ3) is 5.68. The fourth-order valence-electron chi connectivity index (χ4n) is 2.05. The van der Waals surface area contributed by atoms with Crippen LogP contribution in [0, 0.1) is 10.1 Å². The standard InChI is InChI=1S/C17H16BrN3O6/c1-25-14-6-4-13(21(23)24)7-11(14)9-19-20-17(22)10-27-15-5-3-12(18)8-16(15)26-2/h3-9H,10H2,1-2H3,(H,20,22)/b19-9-. The maximum absolute atomic E-state index is 11.9. The molecule has 9 nitrogen and oxygen atoms in total. The highest BCUT2D eigenvalue weighted by Gasteiger charge is 2.11. The largest absolute Gasteiger partial charge is 0.496 e. The van der Waals surface area contributed by atoms with Crippen LogP contribution < -0.4 is 19.6 Å². The van der Waals surface area contributed by atoms with E-state index in [0.717, 1.165) is 4.47 Å². The number of hydrogen-bond acceptors (Lipinski definition) is 7. The van der Waals surface area contributed by atoms with Crippen LogP contribution in [0.3, 0.4) is 0 Å². The van der Waals surface area contributed by atoms with Crippen LogP contribution in [0.4, 0.5) is 5.69 Å². The summed E-state index contributed by atoms with van der Waals surface area (Å²) in [5.41, 5.74) is 2.51. The first-order valence-electron chi connectivity index (χ1n) is 7.55. The summed E-state index contributed by atoms with van der Waals surface area (Å²) in [4.78, 5) is 22.2. The number of carbonyl (C=O) groups is 1. The van der Waals surface area contributed by atoms with E-state index in [1.807, 2.05) is 0 Å². The number of nitrogens with zero attached hydrogens (tertiary/aromatic N) is 2. The van der Waals surface area contributed by atoms with E-state index in [1.54, 1.807) is 18.2 Å². The Morgan fingerprint density at radius 2 is 1.89 bits per heavy atom. The summed E-state index contributed by atoms with van der Waals surface area (Å²) in [6.45, 7) is -0.290. The molecule has 0 saturated heterocycles. The summed E-state index contributed by atoms with van der Waals surface area (Å²) in [5, 5.41) is 14.6. The number of methoxy groups -OCH3 is 2. The molecule has 2 aromatic carbocycles. The zero-order chi connectivity index (χ0) is 19.8. The smallest absolute Gasteiger partial charge is 0.277 e. The van der Waals surface area contributed by atoms with Gasteiger partial charge in [-0.1, -0.05) is 15.9 Å². The third-order valence-electron chi connectivity index (χ3n) is 3.30. The van der Waals surface area contributed by atoms with Crippen molar-refractivity contribution in [1.82, 2.24) is 5.43 Å². The minimum Gasteiger partial charge on any atom is -0.496 e. The zero-order valence-electron chi connectivity index (χ0n) is 14.5. The van der Waals surface area contributed by atoms with Gasteiger partial charge in [0.2, 0.25) is 0 Å². The predicted molar refractivity (Wildman–Crippen MR) is 102 cm³/mol. The Labute approximate surface area is 163 Å². The Kier molecular flexibility index (Phi) is 7.12. The van der Waals surface area contributed by atoms with Gasteiger partial charge in [-0.2, -0.15) is 5.10 Å². The second kappa shape index (κ2) is 9.53. The molecule has 2 aromatic rings. The molecular weight excluding hydrogens is 422 g/mol. The average molecular weight is 438 g/mol. The van der Waals surface area contributed by atoms with Crippen molar-refractivity contribution in [3.8, 4) is 17.2 Å². The number of nitro benzene ring substituents is 1. The van der Waals surface area contributed by atoms with Crippen molar-refractivity contribution in [3.63, 3.8) is 0 Å². The Balaban J connectivity index is 1.97. The van der Waals surface area contributed by atoms with Crippen LogP contribution in [0.25, 0.3) is 0 Å². The van der Waals surface area contributed by atoms with Gasteiger partial charge in [-0.15, -0.1) is 0 Å². The van der Waals surface area contributed by atoms with Gasteiger partial charge < -0.3 is 14.2 Å². The fourth-order valence-corrected chi connectivity index (χ4v) is 2.39. The van der Waals surface area contributed by atoms with E-state index in [0.29, 0.717) is 22.8 Å². The van der Waals surface area contributed by atoms with Gasteiger partial charge in [0.05, 0.1) is 25.4 Å². The molecule has 0 aliphatic rings. The third-order valence-corrected chi connectivity index (χ3v) is 3.79. The van der Waals surface area contributed by atoms with E-state index in [1.165, 1.54) is 38.6 Å². The summed E-state index contributed by atoms with van der Waals surface area (Å²) < 4.78 is 16.5. The lowest BCUT2D eigenvalue weighted by Crippen LogP contribution is -2.24. The lowest BCUT2D eigenvalue weighted by atomic mass is 10.2. The first-order chi connectivity index (χ1) is 12.9. The van der Waals surface area contributed by atoms with Crippen LogP contribution in [-0.4, -0.2) is 37.9 Å². The van der Waals surface area contributed by atoms with E-state index >= 15 is 0 Å². The Morgan fingerprint density at radius 3 is 2.56 bits per heavy atom. The van der Waals surface area contributed by atoms with E-state index in [2.05, 4.69) is 26.5 Å². The predicted octanol–water partition coefficient (Wildman–Crippen LogP) is 2.90. The molecule has 0 bridgehead atoms. The van der Waals surface area contributed by atoms with Gasteiger partial charge >= 0.3 is 0 Å². The van der Waals surface area contributed by atoms with Crippen LogP contribution in [-0.2, 0) is 4.79 Å². The Bertz CT molecular complexity index is 872. The SMILES string of the molecule is COc1ccc([N+](=O)[O-])cc1/C=N\NC(=O)COc1ccc(Br)cc1OC. The zero-order valence-corrected chi connectivity index (χ0v) is 16.1. The van der Waals surface area contributed by atoms with Crippen LogP contribution in [0.5, 0.6) is 17.2 Å². The highest BCUT2D eigenvalue weighted by atomic mass is 79.9. The molecule has 0 fully saturated rings. The molecule has 1 amide bonds. The monoisotopic (exact) mass is 437 g/mol. The van der Waals surface area contributed by atoms with Crippen LogP contribution in [0.2, 0.25) is 0 Å². The van der Waals surface area contributed by atoms with E-state index in [-0.39, 0.29) is 12.3 Å². The fraction of sp³-hybridized carbons (Fsp3) is 0.176. The lowest BCUT2D eigenvalue weighted by molar-refractivity contribution is -0.384. The minimum absolute atomic E-state index is 0.116. The van der Waals surface area contributed by atoms with Crippen molar-refractivity contribution in [3.05, 3.63) is 56.5 Å². The number of carbonyl (C=O) groups excluding carboxylic acids is 1. The maximum atomic E-state index is 11.9. The molecule has 0 saturated carbocycles. The second-order valence-corrected chi connectivity index (χ2v) is 5.98. The van der Waals surface area contributed by atoms with Crippen LogP contribution in [0.15, 0.2) is 46.0 Å². The van der Waals surface area contributed by atoms with Crippen molar-refractivity contribution in [2.75, 3.05) is 20.8 Å². The number of hydrogen-bond donors (Lipinski definition) is 1. The maximum Gasteiger partial charge on any atom is 0.277 e. The highest BCUT2D eigenvalue weighted by molar-refractivity contribution is 9.10. The summed E-state index contributed by atoms with van der Waals surface area (Å²) in [6.07, 6.45) is 1.25. The van der Waals surface area contributed by atoms with Crippen molar-refractivity contribution in [2.24, 2.45) is 5.10 Å². The molecule has 0 aliphatic heterocycles. The van der Waals surface area contributed by atoms with Crippen LogP contribution in [0.1, 0.15) is 5.56 Å². The van der Waals surface area contributed by atoms with Gasteiger partial charge in [0, 0.05) is 22.2 Å². The normalized spacial score (nSPS) is 10.5. The lowest BCUT2D eigenvalue weighted by Gasteiger charge is -2.10. The summed E-state index contributed by atoms with van der Waals surface area (Å²) in [6, 6.07) is 9.17. The van der Waals surface area contributed by atoms with Crippen molar-refractivity contribution >= 4 is 33.7 Å². The first-order valence-corrected chi connectivity index (χ1v) is 8.34. The first kappa shape index (κ1) is 20.2. The molecule has 0 radical (unpaired) electrons. The van der Waals surface area contributed by atoms with Gasteiger partial charge in [-0.3, -0.25) is 14.9 Å². The van der Waals surface area contributed by atoms with Gasteiger partial charge in [-0.25, -0.2) is 5.43 Å². The van der Waals surface area contributed by atoms with Crippen molar-refractivity contribution < 1.29 is 23.9 Å². The quantitative estimate of drug-likeness (QED) is 0.385. The van der Waals surface area contributed by atoms with E-state index in [9.17, 15) is 14.9 Å². The Morgan fingerprint density at radius 1 is 1.19 bits per heavy atom. The number of amides is 1. The van der Waals surface area contributed by atoms with Crippen LogP contribution >= 0.6 is 15.9 Å². The number of benzene rings is 2. The molecule has 2 rings (SSSR count).